The van der Waals surface area contributed by atoms with Crippen molar-refractivity contribution in [3.8, 4) is 11.8 Å². The molecule has 4 nitrogen and oxygen atoms in total. The van der Waals surface area contributed by atoms with E-state index < -0.39 is 10.0 Å². The predicted octanol–water partition coefficient (Wildman–Crippen LogP) is 3.85. The van der Waals surface area contributed by atoms with Gasteiger partial charge in [-0.05, 0) is 31.5 Å². The van der Waals surface area contributed by atoms with E-state index in [1.165, 1.54) is 6.21 Å². The lowest BCUT2D eigenvalue weighted by atomic mass is 10.1. The minimum atomic E-state index is -3.67. The highest BCUT2D eigenvalue weighted by molar-refractivity contribution is 7.89. The predicted molar refractivity (Wildman–Crippen MR) is 102 cm³/mol. The number of hydrazone groups is 1. The molecular formula is C20H22N2O2S. The molecule has 0 aliphatic carbocycles. The summed E-state index contributed by atoms with van der Waals surface area (Å²) < 4.78 is 24.4. The van der Waals surface area contributed by atoms with Crippen molar-refractivity contribution in [2.24, 2.45) is 5.10 Å². The van der Waals surface area contributed by atoms with Crippen LogP contribution in [0.3, 0.4) is 0 Å². The number of hydrogen-bond donors (Lipinski definition) is 1. The van der Waals surface area contributed by atoms with Crippen LogP contribution in [0.15, 0.2) is 58.5 Å². The molecular weight excluding hydrogens is 332 g/mol. The van der Waals surface area contributed by atoms with E-state index in [2.05, 4.69) is 28.7 Å². The molecule has 0 bridgehead atoms. The summed E-state index contributed by atoms with van der Waals surface area (Å²) in [7, 11) is -3.67. The third kappa shape index (κ3) is 5.77. The van der Waals surface area contributed by atoms with Crippen LogP contribution in [0.4, 0.5) is 0 Å². The van der Waals surface area contributed by atoms with Crippen molar-refractivity contribution in [2.45, 2.75) is 38.0 Å². The van der Waals surface area contributed by atoms with Crippen molar-refractivity contribution >= 4 is 16.2 Å². The van der Waals surface area contributed by atoms with Crippen LogP contribution in [0.2, 0.25) is 0 Å². The van der Waals surface area contributed by atoms with Crippen molar-refractivity contribution in [3.63, 3.8) is 0 Å². The van der Waals surface area contributed by atoms with Crippen molar-refractivity contribution in [2.75, 3.05) is 0 Å². The summed E-state index contributed by atoms with van der Waals surface area (Å²) >= 11 is 0. The van der Waals surface area contributed by atoms with Crippen molar-refractivity contribution in [1.29, 1.82) is 0 Å². The normalized spacial score (nSPS) is 11.1. The van der Waals surface area contributed by atoms with E-state index in [1.54, 1.807) is 24.3 Å². The Kier molecular flexibility index (Phi) is 6.79. The standard InChI is InChI=1S/C20H22N2O2S/c1-3-4-5-6-9-18-10-7-8-11-19(18)16-21-22-25(23,24)20-14-12-17(2)13-15-20/h7-8,10-16,22H,3-5H2,1-2H3/b21-16+. The fourth-order valence-electron chi connectivity index (χ4n) is 2.08. The Morgan fingerprint density at radius 1 is 1.12 bits per heavy atom. The average molecular weight is 354 g/mol. The maximum Gasteiger partial charge on any atom is 0.276 e. The molecule has 0 saturated carbocycles. The Bertz CT molecular complexity index is 889. The van der Waals surface area contributed by atoms with Gasteiger partial charge in [0.1, 0.15) is 0 Å². The van der Waals surface area contributed by atoms with E-state index in [-0.39, 0.29) is 4.90 Å². The first-order valence-corrected chi connectivity index (χ1v) is 9.70. The van der Waals surface area contributed by atoms with Crippen LogP contribution in [-0.2, 0) is 10.0 Å². The number of nitrogens with zero attached hydrogens (tertiary/aromatic N) is 1. The van der Waals surface area contributed by atoms with Crippen LogP contribution >= 0.6 is 0 Å². The molecule has 0 radical (unpaired) electrons. The summed E-state index contributed by atoms with van der Waals surface area (Å²) in [6.45, 7) is 4.03. The topological polar surface area (TPSA) is 58.5 Å². The van der Waals surface area contributed by atoms with E-state index in [9.17, 15) is 8.42 Å². The molecule has 5 heteroatoms. The highest BCUT2D eigenvalue weighted by atomic mass is 32.2. The molecule has 0 spiro atoms. The van der Waals surface area contributed by atoms with Gasteiger partial charge in [-0.15, -0.1) is 0 Å². The van der Waals surface area contributed by atoms with Crippen LogP contribution in [-0.4, -0.2) is 14.6 Å². The molecule has 0 unspecified atom stereocenters. The third-order valence-electron chi connectivity index (χ3n) is 3.55. The monoisotopic (exact) mass is 354 g/mol. The minimum absolute atomic E-state index is 0.183. The van der Waals surface area contributed by atoms with Crippen LogP contribution in [0.25, 0.3) is 0 Å². The van der Waals surface area contributed by atoms with Crippen LogP contribution < -0.4 is 4.83 Å². The Balaban J connectivity index is 2.11. The summed E-state index contributed by atoms with van der Waals surface area (Å²) in [6, 6.07) is 14.1. The van der Waals surface area contributed by atoms with Gasteiger partial charge in [-0.25, -0.2) is 4.83 Å². The molecule has 0 amide bonds. The second-order valence-electron chi connectivity index (χ2n) is 5.66. The molecule has 0 fully saturated rings. The molecule has 0 heterocycles. The number of aryl methyl sites for hydroxylation is 1. The Labute approximate surface area is 150 Å². The van der Waals surface area contributed by atoms with Gasteiger partial charge in [0.2, 0.25) is 0 Å². The van der Waals surface area contributed by atoms with Crippen molar-refractivity contribution in [3.05, 3.63) is 65.2 Å². The smallest absolute Gasteiger partial charge is 0.200 e. The van der Waals surface area contributed by atoms with Crippen LogP contribution in [0, 0.1) is 18.8 Å². The zero-order valence-corrected chi connectivity index (χ0v) is 15.3. The highest BCUT2D eigenvalue weighted by Crippen LogP contribution is 2.10. The Morgan fingerprint density at radius 2 is 1.84 bits per heavy atom. The molecule has 25 heavy (non-hydrogen) atoms. The minimum Gasteiger partial charge on any atom is -0.200 e. The first kappa shape index (κ1) is 18.8. The van der Waals surface area contributed by atoms with E-state index >= 15 is 0 Å². The molecule has 2 rings (SSSR count). The van der Waals surface area contributed by atoms with Gasteiger partial charge in [-0.2, -0.15) is 13.5 Å². The van der Waals surface area contributed by atoms with Gasteiger partial charge in [-0.3, -0.25) is 0 Å². The van der Waals surface area contributed by atoms with Crippen molar-refractivity contribution in [1.82, 2.24) is 4.83 Å². The molecule has 0 aromatic heterocycles. The van der Waals surface area contributed by atoms with Crippen LogP contribution in [0.5, 0.6) is 0 Å². The number of hydrogen-bond acceptors (Lipinski definition) is 3. The van der Waals surface area contributed by atoms with E-state index in [0.29, 0.717) is 0 Å². The average Bonchev–Trinajstić information content (AvgIpc) is 2.60. The second kappa shape index (κ2) is 9.05. The summed E-state index contributed by atoms with van der Waals surface area (Å²) in [4.78, 5) is 2.42. The summed E-state index contributed by atoms with van der Waals surface area (Å²) in [6.07, 6.45) is 4.51. The highest BCUT2D eigenvalue weighted by Gasteiger charge is 2.11. The molecule has 2 aromatic carbocycles. The molecule has 0 aliphatic rings. The number of rotatable bonds is 6. The largest absolute Gasteiger partial charge is 0.276 e. The maximum absolute atomic E-state index is 12.2. The first-order chi connectivity index (χ1) is 12.0. The third-order valence-corrected chi connectivity index (χ3v) is 4.79. The zero-order valence-electron chi connectivity index (χ0n) is 14.5. The molecule has 130 valence electrons. The number of unbranched alkanes of at least 4 members (excludes halogenated alkanes) is 2. The van der Waals surface area contributed by atoms with E-state index in [0.717, 1.165) is 36.0 Å². The Morgan fingerprint density at radius 3 is 2.56 bits per heavy atom. The van der Waals surface area contributed by atoms with Gasteiger partial charge < -0.3 is 0 Å². The summed E-state index contributed by atoms with van der Waals surface area (Å²) in [5.74, 6) is 6.25. The quantitative estimate of drug-likeness (QED) is 0.371. The molecule has 2 aromatic rings. The van der Waals surface area contributed by atoms with Gasteiger partial charge >= 0.3 is 0 Å². The molecule has 0 atom stereocenters. The zero-order chi connectivity index (χ0) is 18.1. The lowest BCUT2D eigenvalue weighted by molar-refractivity contribution is 0.584. The lowest BCUT2D eigenvalue weighted by Gasteiger charge is -2.04. The number of benzene rings is 2. The fourth-order valence-corrected chi connectivity index (χ4v) is 2.87. The Hall–Kier alpha value is -2.58. The lowest BCUT2D eigenvalue weighted by Crippen LogP contribution is -2.18. The molecule has 1 N–H and O–H groups in total. The fraction of sp³-hybridized carbons (Fsp3) is 0.250. The van der Waals surface area contributed by atoms with Gasteiger partial charge in [0.25, 0.3) is 10.0 Å². The number of nitrogens with one attached hydrogen (secondary N) is 1. The maximum atomic E-state index is 12.2. The van der Waals surface area contributed by atoms with Gasteiger partial charge in [0, 0.05) is 17.5 Å². The second-order valence-corrected chi connectivity index (χ2v) is 7.32. The van der Waals surface area contributed by atoms with E-state index in [4.69, 9.17) is 0 Å². The first-order valence-electron chi connectivity index (χ1n) is 8.22. The van der Waals surface area contributed by atoms with Gasteiger partial charge in [-0.1, -0.05) is 61.1 Å². The van der Waals surface area contributed by atoms with E-state index in [1.807, 2.05) is 31.2 Å². The summed E-state index contributed by atoms with van der Waals surface area (Å²) in [5, 5.41) is 3.89. The SMILES string of the molecule is CCCCC#Cc1ccccc1/C=N/NS(=O)(=O)c1ccc(C)cc1. The van der Waals surface area contributed by atoms with Crippen molar-refractivity contribution < 1.29 is 8.42 Å². The molecule has 0 saturated heterocycles. The molecule has 0 aliphatic heterocycles. The summed E-state index contributed by atoms with van der Waals surface area (Å²) in [5.41, 5.74) is 2.60. The van der Waals surface area contributed by atoms with Gasteiger partial charge in [0.15, 0.2) is 0 Å². The van der Waals surface area contributed by atoms with Gasteiger partial charge in [0.05, 0.1) is 11.1 Å². The van der Waals surface area contributed by atoms with Crippen LogP contribution in [0.1, 0.15) is 42.9 Å². The number of sulfonamides is 1.